The van der Waals surface area contributed by atoms with E-state index in [1.807, 2.05) is 29.2 Å². The van der Waals surface area contributed by atoms with Crippen molar-refractivity contribution in [3.8, 4) is 17.2 Å². The Balaban J connectivity index is 1.34. The molecule has 3 aromatic rings. The molecule has 0 radical (unpaired) electrons. The molecule has 2 amide bonds. The summed E-state index contributed by atoms with van der Waals surface area (Å²) in [5.41, 5.74) is 1.68. The van der Waals surface area contributed by atoms with Crippen LogP contribution in [0.25, 0.3) is 0 Å². The average Bonchev–Trinajstić information content (AvgIpc) is 3.65. The number of hydrogen-bond acceptors (Lipinski definition) is 6. The van der Waals surface area contributed by atoms with Gasteiger partial charge in [-0.3, -0.25) is 9.59 Å². The number of methoxy groups -OCH3 is 2. The molecular weight excluding hydrogens is 476 g/mol. The van der Waals surface area contributed by atoms with Crippen molar-refractivity contribution in [2.24, 2.45) is 0 Å². The van der Waals surface area contributed by atoms with E-state index in [1.54, 1.807) is 54.7 Å². The van der Waals surface area contributed by atoms with Gasteiger partial charge in [-0.25, -0.2) is 0 Å². The largest absolute Gasteiger partial charge is 0.497 e. The molecule has 1 atom stereocenters. The Labute approximate surface area is 215 Å². The number of amides is 2. The van der Waals surface area contributed by atoms with Crippen molar-refractivity contribution in [2.75, 3.05) is 33.9 Å². The number of fused-ring (bicyclic) bond motifs is 1. The maximum absolute atomic E-state index is 13.7. The fourth-order valence-corrected chi connectivity index (χ4v) is 5.60. The molecule has 2 aliphatic rings. The molecule has 1 saturated carbocycles. The van der Waals surface area contributed by atoms with E-state index in [0.717, 1.165) is 24.8 Å². The lowest BCUT2D eigenvalue weighted by atomic mass is 10.0. The smallest absolute Gasteiger partial charge is 0.254 e. The van der Waals surface area contributed by atoms with Crippen molar-refractivity contribution >= 4 is 23.2 Å². The van der Waals surface area contributed by atoms with E-state index < -0.39 is 0 Å². The lowest BCUT2D eigenvalue weighted by Gasteiger charge is -2.37. The van der Waals surface area contributed by atoms with Gasteiger partial charge in [-0.1, -0.05) is 12.1 Å². The fourth-order valence-electron chi connectivity index (χ4n) is 4.67. The van der Waals surface area contributed by atoms with Crippen molar-refractivity contribution in [3.05, 3.63) is 76.0 Å². The Kier molecular flexibility index (Phi) is 7.13. The molecule has 5 rings (SSSR count). The van der Waals surface area contributed by atoms with Gasteiger partial charge in [0, 0.05) is 23.0 Å². The van der Waals surface area contributed by atoms with E-state index in [-0.39, 0.29) is 30.4 Å². The molecule has 0 bridgehead atoms. The highest BCUT2D eigenvalue weighted by atomic mass is 32.1. The minimum absolute atomic E-state index is 0.0557. The summed E-state index contributed by atoms with van der Waals surface area (Å²) in [7, 11) is 3.21. The first kappa shape index (κ1) is 24.2. The quantitative estimate of drug-likeness (QED) is 0.425. The Morgan fingerprint density at radius 1 is 1.00 bits per heavy atom. The van der Waals surface area contributed by atoms with Crippen LogP contribution in [-0.4, -0.2) is 61.6 Å². The Bertz CT molecular complexity index is 1220. The zero-order valence-electron chi connectivity index (χ0n) is 20.5. The summed E-state index contributed by atoms with van der Waals surface area (Å²) in [6.07, 6.45) is 2.65. The number of benzene rings is 2. The zero-order chi connectivity index (χ0) is 25.1. The highest BCUT2D eigenvalue weighted by Gasteiger charge is 2.38. The monoisotopic (exact) mass is 506 g/mol. The van der Waals surface area contributed by atoms with Gasteiger partial charge in [0.1, 0.15) is 18.9 Å². The SMILES string of the molecule is COc1ccc(C(=O)N(CC(=O)N2CCc3sccc3C2COc2ccccc2OC)C2CC2)cc1. The Morgan fingerprint density at radius 3 is 2.44 bits per heavy atom. The van der Waals surface area contributed by atoms with Gasteiger partial charge in [0.05, 0.1) is 20.3 Å². The lowest BCUT2D eigenvalue weighted by molar-refractivity contribution is -0.135. The number of hydrogen-bond donors (Lipinski definition) is 0. The number of ether oxygens (including phenoxy) is 3. The minimum atomic E-state index is -0.227. The molecule has 36 heavy (non-hydrogen) atoms. The topological polar surface area (TPSA) is 68.3 Å². The van der Waals surface area contributed by atoms with Gasteiger partial charge in [-0.15, -0.1) is 11.3 Å². The summed E-state index contributed by atoms with van der Waals surface area (Å²) < 4.78 is 16.8. The first-order valence-corrected chi connectivity index (χ1v) is 13.0. The molecule has 2 heterocycles. The van der Waals surface area contributed by atoms with E-state index in [2.05, 4.69) is 11.4 Å². The molecule has 0 saturated heterocycles. The van der Waals surface area contributed by atoms with E-state index in [9.17, 15) is 9.59 Å². The molecule has 8 heteroatoms. The maximum atomic E-state index is 13.7. The highest BCUT2D eigenvalue weighted by molar-refractivity contribution is 7.10. The van der Waals surface area contributed by atoms with Gasteiger partial charge in [-0.2, -0.15) is 0 Å². The van der Waals surface area contributed by atoms with Gasteiger partial charge in [-0.05, 0) is 72.7 Å². The lowest BCUT2D eigenvalue weighted by Crippen LogP contribution is -2.48. The van der Waals surface area contributed by atoms with Crippen LogP contribution in [0.4, 0.5) is 0 Å². The second-order valence-electron chi connectivity index (χ2n) is 9.01. The molecule has 188 valence electrons. The fraction of sp³-hybridized carbons (Fsp3) is 0.357. The molecule has 1 aliphatic carbocycles. The third-order valence-electron chi connectivity index (χ3n) is 6.77. The second kappa shape index (κ2) is 10.6. The summed E-state index contributed by atoms with van der Waals surface area (Å²) in [6.45, 7) is 0.966. The van der Waals surface area contributed by atoms with Crippen LogP contribution in [0.3, 0.4) is 0 Å². The summed E-state index contributed by atoms with van der Waals surface area (Å²) in [6, 6.07) is 16.5. The van der Waals surface area contributed by atoms with Crippen molar-refractivity contribution in [3.63, 3.8) is 0 Å². The Hall–Kier alpha value is -3.52. The normalized spacial score (nSPS) is 16.7. The summed E-state index contributed by atoms with van der Waals surface area (Å²) in [5.74, 6) is 1.81. The van der Waals surface area contributed by atoms with Gasteiger partial charge in [0.25, 0.3) is 5.91 Å². The van der Waals surface area contributed by atoms with Gasteiger partial charge in [0.2, 0.25) is 5.91 Å². The van der Waals surface area contributed by atoms with E-state index in [0.29, 0.717) is 36.0 Å². The molecule has 0 N–H and O–H groups in total. The standard InChI is InChI=1S/C28H30N2O5S/c1-33-21-11-7-19(8-12-21)28(32)30(20-9-10-20)17-27(31)29-15-13-26-22(14-16-36-26)23(29)18-35-25-6-4-3-5-24(25)34-2/h3-8,11-12,14,16,20,23H,9-10,13,15,17-18H2,1-2H3. The van der Waals surface area contributed by atoms with Crippen LogP contribution < -0.4 is 14.2 Å². The van der Waals surface area contributed by atoms with Crippen molar-refractivity contribution in [1.82, 2.24) is 9.80 Å². The van der Waals surface area contributed by atoms with Crippen LogP contribution in [0.2, 0.25) is 0 Å². The predicted molar refractivity (Wildman–Crippen MR) is 138 cm³/mol. The van der Waals surface area contributed by atoms with Crippen LogP contribution in [0.1, 0.15) is 39.7 Å². The molecule has 7 nitrogen and oxygen atoms in total. The number of carbonyl (C=O) groups excluding carboxylic acids is 2. The van der Waals surface area contributed by atoms with Crippen LogP contribution in [0, 0.1) is 0 Å². The molecule has 2 aromatic carbocycles. The first-order chi connectivity index (χ1) is 17.6. The molecule has 1 aromatic heterocycles. The number of para-hydroxylation sites is 2. The number of carbonyl (C=O) groups is 2. The molecule has 1 unspecified atom stereocenters. The summed E-state index contributed by atoms with van der Waals surface area (Å²) in [5, 5.41) is 2.07. The van der Waals surface area contributed by atoms with Gasteiger partial charge >= 0.3 is 0 Å². The van der Waals surface area contributed by atoms with Crippen LogP contribution in [-0.2, 0) is 11.2 Å². The van der Waals surface area contributed by atoms with Crippen molar-refractivity contribution in [2.45, 2.75) is 31.3 Å². The van der Waals surface area contributed by atoms with Crippen molar-refractivity contribution in [1.29, 1.82) is 0 Å². The van der Waals surface area contributed by atoms with Gasteiger partial charge in [0.15, 0.2) is 11.5 Å². The van der Waals surface area contributed by atoms with E-state index >= 15 is 0 Å². The van der Waals surface area contributed by atoms with Crippen molar-refractivity contribution < 1.29 is 23.8 Å². The van der Waals surface area contributed by atoms with Crippen LogP contribution in [0.15, 0.2) is 60.0 Å². The average molecular weight is 507 g/mol. The maximum Gasteiger partial charge on any atom is 0.254 e. The number of nitrogens with zero attached hydrogens (tertiary/aromatic N) is 2. The predicted octanol–water partition coefficient (Wildman–Crippen LogP) is 4.57. The highest BCUT2D eigenvalue weighted by Crippen LogP contribution is 2.36. The summed E-state index contributed by atoms with van der Waals surface area (Å²) in [4.78, 5) is 31.9. The van der Waals surface area contributed by atoms with E-state index in [1.165, 1.54) is 4.88 Å². The minimum Gasteiger partial charge on any atom is -0.497 e. The third kappa shape index (κ3) is 5.04. The molecule has 1 aliphatic heterocycles. The summed E-state index contributed by atoms with van der Waals surface area (Å²) >= 11 is 1.71. The van der Waals surface area contributed by atoms with Crippen LogP contribution >= 0.6 is 11.3 Å². The van der Waals surface area contributed by atoms with Crippen LogP contribution in [0.5, 0.6) is 17.2 Å². The molecule has 0 spiro atoms. The Morgan fingerprint density at radius 2 is 1.75 bits per heavy atom. The number of thiophene rings is 1. The second-order valence-corrected chi connectivity index (χ2v) is 10.0. The molecular formula is C28H30N2O5S. The van der Waals surface area contributed by atoms with Gasteiger partial charge < -0.3 is 24.0 Å². The van der Waals surface area contributed by atoms with E-state index in [4.69, 9.17) is 14.2 Å². The molecule has 1 fully saturated rings. The first-order valence-electron chi connectivity index (χ1n) is 12.2. The number of rotatable bonds is 9. The third-order valence-corrected chi connectivity index (χ3v) is 7.77. The zero-order valence-corrected chi connectivity index (χ0v) is 21.3.